The lowest BCUT2D eigenvalue weighted by Gasteiger charge is -2.22. The number of fused-ring (bicyclic) bond motifs is 1. The van der Waals surface area contributed by atoms with E-state index in [2.05, 4.69) is 5.32 Å². The fraction of sp³-hybridized carbons (Fsp3) is 0.280. The Balaban J connectivity index is 1.34. The fourth-order valence-corrected chi connectivity index (χ4v) is 5.41. The number of nitrogens with zero attached hydrogens (tertiary/aromatic N) is 2. The maximum atomic E-state index is 13.0. The molecule has 3 aromatic carbocycles. The Kier molecular flexibility index (Phi) is 6.76. The topological polar surface area (TPSA) is 86.8 Å². The first-order chi connectivity index (χ1) is 15.8. The van der Waals surface area contributed by atoms with E-state index < -0.39 is 10.0 Å². The molecule has 2 amide bonds. The monoisotopic (exact) mass is 465 g/mol. The van der Waals surface area contributed by atoms with Crippen LogP contribution in [0.5, 0.6) is 0 Å². The number of hydrogen-bond acceptors (Lipinski definition) is 4. The molecule has 1 fully saturated rings. The van der Waals surface area contributed by atoms with Gasteiger partial charge < -0.3 is 10.2 Å². The molecule has 0 saturated carbocycles. The van der Waals surface area contributed by atoms with E-state index in [4.69, 9.17) is 0 Å². The standard InChI is InChI=1S/C25H27N3O4S/c1-19-7-11-23(12-8-19)33(31,32)28-14-4-13-27(15-16-28)24(29)18-26-25(30)22-10-9-20-5-2-3-6-21(20)17-22/h2-3,5-12,17H,4,13-16,18H2,1H3,(H,26,30). The van der Waals surface area contributed by atoms with E-state index in [-0.39, 0.29) is 36.3 Å². The van der Waals surface area contributed by atoms with Crippen molar-refractivity contribution in [3.8, 4) is 0 Å². The second kappa shape index (κ2) is 9.72. The number of sulfonamides is 1. The lowest BCUT2D eigenvalue weighted by Crippen LogP contribution is -2.42. The number of amides is 2. The molecule has 0 aromatic heterocycles. The lowest BCUT2D eigenvalue weighted by atomic mass is 10.1. The molecule has 4 rings (SSSR count). The molecule has 1 aliphatic rings. The highest BCUT2D eigenvalue weighted by Crippen LogP contribution is 2.19. The summed E-state index contributed by atoms with van der Waals surface area (Å²) in [6.45, 7) is 3.09. The predicted octanol–water partition coefficient (Wildman–Crippen LogP) is 2.80. The maximum absolute atomic E-state index is 13.0. The quantitative estimate of drug-likeness (QED) is 0.628. The van der Waals surface area contributed by atoms with E-state index in [9.17, 15) is 18.0 Å². The molecule has 0 bridgehead atoms. The van der Waals surface area contributed by atoms with Crippen molar-refractivity contribution in [2.75, 3.05) is 32.7 Å². The Labute approximate surface area is 194 Å². The number of nitrogens with one attached hydrogen (secondary N) is 1. The molecule has 1 N–H and O–H groups in total. The number of aryl methyl sites for hydroxylation is 1. The van der Waals surface area contributed by atoms with Gasteiger partial charge in [0.15, 0.2) is 0 Å². The third-order valence-corrected chi connectivity index (χ3v) is 7.79. The van der Waals surface area contributed by atoms with Crippen molar-refractivity contribution in [3.05, 3.63) is 77.9 Å². The summed E-state index contributed by atoms with van der Waals surface area (Å²) >= 11 is 0. The molecule has 1 aliphatic heterocycles. The molecule has 0 radical (unpaired) electrons. The molecule has 0 spiro atoms. The van der Waals surface area contributed by atoms with Crippen LogP contribution in [0.2, 0.25) is 0 Å². The molecule has 0 atom stereocenters. The van der Waals surface area contributed by atoms with Crippen molar-refractivity contribution in [2.45, 2.75) is 18.2 Å². The first kappa shape index (κ1) is 22.9. The van der Waals surface area contributed by atoms with Gasteiger partial charge in [-0.25, -0.2) is 8.42 Å². The van der Waals surface area contributed by atoms with Gasteiger partial charge in [-0.3, -0.25) is 9.59 Å². The number of carbonyl (C=O) groups is 2. The second-order valence-corrected chi connectivity index (χ2v) is 10.1. The average Bonchev–Trinajstić information content (AvgIpc) is 3.09. The second-order valence-electron chi connectivity index (χ2n) is 8.20. The smallest absolute Gasteiger partial charge is 0.251 e. The first-order valence-corrected chi connectivity index (χ1v) is 12.4. The van der Waals surface area contributed by atoms with Crippen LogP contribution in [0.1, 0.15) is 22.3 Å². The lowest BCUT2D eigenvalue weighted by molar-refractivity contribution is -0.129. The Morgan fingerprint density at radius 2 is 1.61 bits per heavy atom. The molecule has 172 valence electrons. The molecule has 7 nitrogen and oxygen atoms in total. The molecule has 8 heteroatoms. The molecule has 1 saturated heterocycles. The van der Waals surface area contributed by atoms with Crippen LogP contribution in [0.15, 0.2) is 71.6 Å². The third-order valence-electron chi connectivity index (χ3n) is 5.88. The molecular weight excluding hydrogens is 438 g/mol. The maximum Gasteiger partial charge on any atom is 0.251 e. The van der Waals surface area contributed by atoms with Crippen LogP contribution >= 0.6 is 0 Å². The van der Waals surface area contributed by atoms with E-state index in [1.54, 1.807) is 41.3 Å². The molecule has 1 heterocycles. The largest absolute Gasteiger partial charge is 0.343 e. The van der Waals surface area contributed by atoms with Crippen molar-refractivity contribution >= 4 is 32.6 Å². The highest BCUT2D eigenvalue weighted by molar-refractivity contribution is 7.89. The van der Waals surface area contributed by atoms with Gasteiger partial charge >= 0.3 is 0 Å². The van der Waals surface area contributed by atoms with Crippen molar-refractivity contribution in [1.29, 1.82) is 0 Å². The van der Waals surface area contributed by atoms with Gasteiger partial charge in [-0.05, 0) is 48.4 Å². The molecule has 0 aliphatic carbocycles. The molecule has 33 heavy (non-hydrogen) atoms. The van der Waals surface area contributed by atoms with E-state index in [0.29, 0.717) is 25.1 Å². The van der Waals surface area contributed by atoms with Gasteiger partial charge in [0.25, 0.3) is 5.91 Å². The van der Waals surface area contributed by atoms with E-state index in [1.165, 1.54) is 4.31 Å². The summed E-state index contributed by atoms with van der Waals surface area (Å²) in [6.07, 6.45) is 0.537. The summed E-state index contributed by atoms with van der Waals surface area (Å²) in [7, 11) is -3.61. The van der Waals surface area contributed by atoms with Crippen LogP contribution in [-0.2, 0) is 14.8 Å². The SMILES string of the molecule is Cc1ccc(S(=O)(=O)N2CCCN(C(=O)CNC(=O)c3ccc4ccccc4c3)CC2)cc1. The minimum atomic E-state index is -3.61. The van der Waals surface area contributed by atoms with E-state index >= 15 is 0 Å². The Morgan fingerprint density at radius 3 is 2.36 bits per heavy atom. The van der Waals surface area contributed by atoms with E-state index in [0.717, 1.165) is 16.3 Å². The van der Waals surface area contributed by atoms with Crippen molar-refractivity contribution in [2.24, 2.45) is 0 Å². The van der Waals surface area contributed by atoms with Crippen LogP contribution in [0.3, 0.4) is 0 Å². The summed E-state index contributed by atoms with van der Waals surface area (Å²) in [6, 6.07) is 20.0. The van der Waals surface area contributed by atoms with Crippen LogP contribution in [0.4, 0.5) is 0 Å². The van der Waals surface area contributed by atoms with Gasteiger partial charge in [-0.1, -0.05) is 48.0 Å². The molecule has 0 unspecified atom stereocenters. The zero-order valence-electron chi connectivity index (χ0n) is 18.5. The Hall–Kier alpha value is -3.23. The van der Waals surface area contributed by atoms with Gasteiger partial charge in [0.1, 0.15) is 0 Å². The molecular formula is C25H27N3O4S. The van der Waals surface area contributed by atoms with Crippen molar-refractivity contribution in [1.82, 2.24) is 14.5 Å². The van der Waals surface area contributed by atoms with Crippen molar-refractivity contribution in [3.63, 3.8) is 0 Å². The first-order valence-electron chi connectivity index (χ1n) is 11.0. The van der Waals surface area contributed by atoms with Gasteiger partial charge in [0, 0.05) is 31.7 Å². The summed E-state index contributed by atoms with van der Waals surface area (Å²) in [5, 5.41) is 4.69. The Morgan fingerprint density at radius 1 is 0.879 bits per heavy atom. The predicted molar refractivity (Wildman–Crippen MR) is 127 cm³/mol. The number of rotatable bonds is 5. The number of benzene rings is 3. The average molecular weight is 466 g/mol. The fourth-order valence-electron chi connectivity index (χ4n) is 3.94. The highest BCUT2D eigenvalue weighted by atomic mass is 32.2. The minimum absolute atomic E-state index is 0.129. The van der Waals surface area contributed by atoms with Crippen molar-refractivity contribution < 1.29 is 18.0 Å². The van der Waals surface area contributed by atoms with Crippen LogP contribution < -0.4 is 5.32 Å². The van der Waals surface area contributed by atoms with Crippen LogP contribution in [0.25, 0.3) is 10.8 Å². The number of carbonyl (C=O) groups excluding carboxylic acids is 2. The molecule has 3 aromatic rings. The zero-order valence-corrected chi connectivity index (χ0v) is 19.3. The summed E-state index contributed by atoms with van der Waals surface area (Å²) in [4.78, 5) is 27.1. The summed E-state index contributed by atoms with van der Waals surface area (Å²) < 4.78 is 27.3. The normalized spacial score (nSPS) is 15.2. The zero-order chi connectivity index (χ0) is 23.4. The van der Waals surface area contributed by atoms with Gasteiger partial charge in [-0.2, -0.15) is 4.31 Å². The minimum Gasteiger partial charge on any atom is -0.343 e. The van der Waals surface area contributed by atoms with Gasteiger partial charge in [-0.15, -0.1) is 0 Å². The summed E-state index contributed by atoms with van der Waals surface area (Å²) in [5.74, 6) is -0.536. The summed E-state index contributed by atoms with van der Waals surface area (Å²) in [5.41, 5.74) is 1.49. The Bertz CT molecular complexity index is 1270. The third kappa shape index (κ3) is 5.23. The number of hydrogen-bond donors (Lipinski definition) is 1. The highest BCUT2D eigenvalue weighted by Gasteiger charge is 2.28. The van der Waals surface area contributed by atoms with Gasteiger partial charge in [0.05, 0.1) is 11.4 Å². The van der Waals surface area contributed by atoms with Crippen LogP contribution in [0, 0.1) is 6.92 Å². The van der Waals surface area contributed by atoms with E-state index in [1.807, 2.05) is 37.3 Å². The van der Waals surface area contributed by atoms with Crippen LogP contribution in [-0.4, -0.2) is 62.2 Å². The van der Waals surface area contributed by atoms with Gasteiger partial charge in [0.2, 0.25) is 15.9 Å².